The fourth-order valence-electron chi connectivity index (χ4n) is 1.27. The minimum atomic E-state index is -4.87. The van der Waals surface area contributed by atoms with Crippen LogP contribution in [0.4, 0.5) is 17.6 Å². The van der Waals surface area contributed by atoms with Crippen molar-refractivity contribution in [1.82, 2.24) is 5.32 Å². The lowest BCUT2D eigenvalue weighted by atomic mass is 10.1. The van der Waals surface area contributed by atoms with Crippen LogP contribution in [0.15, 0.2) is 18.2 Å². The molecular weight excluding hydrogens is 254 g/mol. The van der Waals surface area contributed by atoms with Crippen molar-refractivity contribution in [2.75, 3.05) is 6.61 Å². The highest BCUT2D eigenvalue weighted by Gasteiger charge is 2.32. The summed E-state index contributed by atoms with van der Waals surface area (Å²) in [6.07, 6.45) is -4.87. The fraction of sp³-hybridized carbons (Fsp3) is 0.455. The van der Waals surface area contributed by atoms with E-state index in [4.69, 9.17) is 5.11 Å². The van der Waals surface area contributed by atoms with Gasteiger partial charge in [-0.05, 0) is 19.1 Å². The highest BCUT2D eigenvalue weighted by atomic mass is 19.4. The number of aliphatic hydroxyl groups is 1. The van der Waals surface area contributed by atoms with Crippen molar-refractivity contribution in [2.24, 2.45) is 0 Å². The molecule has 0 unspecified atom stereocenters. The quantitative estimate of drug-likeness (QED) is 0.804. The number of alkyl halides is 3. The standard InChI is InChI=1S/C11H13F4NO2/c1-7(6-17)16-5-8-9(12)3-2-4-10(8)18-11(13,14)15/h2-4,7,16-17H,5-6H2,1H3/t7-/m1/s1. The summed E-state index contributed by atoms with van der Waals surface area (Å²) in [6, 6.07) is 2.86. The van der Waals surface area contributed by atoms with E-state index in [0.29, 0.717) is 0 Å². The summed E-state index contributed by atoms with van der Waals surface area (Å²) in [4.78, 5) is 0. The SMILES string of the molecule is C[C@H](CO)NCc1c(F)cccc1OC(F)(F)F. The van der Waals surface area contributed by atoms with Crippen LogP contribution in [0.5, 0.6) is 5.75 Å². The van der Waals surface area contributed by atoms with E-state index in [1.807, 2.05) is 0 Å². The molecule has 0 bridgehead atoms. The Bertz CT molecular complexity index is 395. The van der Waals surface area contributed by atoms with Gasteiger partial charge < -0.3 is 15.2 Å². The summed E-state index contributed by atoms with van der Waals surface area (Å²) in [5.41, 5.74) is -0.227. The second-order valence-electron chi connectivity index (χ2n) is 3.73. The van der Waals surface area contributed by atoms with E-state index >= 15 is 0 Å². The van der Waals surface area contributed by atoms with Gasteiger partial charge in [-0.3, -0.25) is 0 Å². The Labute approximate surface area is 101 Å². The zero-order chi connectivity index (χ0) is 13.8. The van der Waals surface area contributed by atoms with Crippen molar-refractivity contribution in [2.45, 2.75) is 25.9 Å². The highest BCUT2D eigenvalue weighted by Crippen LogP contribution is 2.27. The maximum absolute atomic E-state index is 13.4. The average Bonchev–Trinajstić information content (AvgIpc) is 2.25. The molecule has 3 nitrogen and oxygen atoms in total. The molecule has 1 atom stereocenters. The fourth-order valence-corrected chi connectivity index (χ4v) is 1.27. The second-order valence-corrected chi connectivity index (χ2v) is 3.73. The predicted octanol–water partition coefficient (Wildman–Crippen LogP) is 2.19. The zero-order valence-electron chi connectivity index (χ0n) is 9.59. The molecule has 2 N–H and O–H groups in total. The number of rotatable bonds is 5. The summed E-state index contributed by atoms with van der Waals surface area (Å²) in [5.74, 6) is -1.38. The van der Waals surface area contributed by atoms with Gasteiger partial charge in [0.05, 0.1) is 6.61 Å². The molecule has 0 aliphatic heterocycles. The summed E-state index contributed by atoms with van der Waals surface area (Å²) < 4.78 is 53.5. The van der Waals surface area contributed by atoms with Crippen LogP contribution in [0.3, 0.4) is 0 Å². The van der Waals surface area contributed by atoms with Gasteiger partial charge in [-0.1, -0.05) is 6.07 Å². The molecule has 0 heterocycles. The molecule has 0 radical (unpaired) electrons. The lowest BCUT2D eigenvalue weighted by Gasteiger charge is -2.16. The molecule has 0 aromatic heterocycles. The van der Waals surface area contributed by atoms with Crippen molar-refractivity contribution >= 4 is 0 Å². The maximum atomic E-state index is 13.4. The van der Waals surface area contributed by atoms with Crippen molar-refractivity contribution in [3.8, 4) is 5.75 Å². The molecule has 7 heteroatoms. The maximum Gasteiger partial charge on any atom is 0.573 e. The highest BCUT2D eigenvalue weighted by molar-refractivity contribution is 5.34. The predicted molar refractivity (Wildman–Crippen MR) is 56.5 cm³/mol. The van der Waals surface area contributed by atoms with Crippen molar-refractivity contribution in [3.05, 3.63) is 29.6 Å². The summed E-state index contributed by atoms with van der Waals surface area (Å²) >= 11 is 0. The molecule has 0 saturated heterocycles. The summed E-state index contributed by atoms with van der Waals surface area (Å²) in [6.45, 7) is 1.24. The van der Waals surface area contributed by atoms with E-state index in [1.54, 1.807) is 6.92 Å². The van der Waals surface area contributed by atoms with Crippen LogP contribution < -0.4 is 10.1 Å². The summed E-state index contributed by atoms with van der Waals surface area (Å²) in [7, 11) is 0. The smallest absolute Gasteiger partial charge is 0.405 e. The molecule has 1 aromatic carbocycles. The van der Waals surface area contributed by atoms with E-state index < -0.39 is 17.9 Å². The zero-order valence-corrected chi connectivity index (χ0v) is 9.59. The molecule has 0 amide bonds. The third-order valence-corrected chi connectivity index (χ3v) is 2.20. The molecular formula is C11H13F4NO2. The molecule has 0 aliphatic rings. The number of ether oxygens (including phenoxy) is 1. The van der Waals surface area contributed by atoms with Gasteiger partial charge in [-0.2, -0.15) is 0 Å². The van der Waals surface area contributed by atoms with Gasteiger partial charge >= 0.3 is 6.36 Å². The Morgan fingerprint density at radius 2 is 2.06 bits per heavy atom. The van der Waals surface area contributed by atoms with Gasteiger partial charge in [-0.25, -0.2) is 4.39 Å². The topological polar surface area (TPSA) is 41.5 Å². The number of hydrogen-bond donors (Lipinski definition) is 2. The molecule has 1 aromatic rings. The molecule has 0 fully saturated rings. The van der Waals surface area contributed by atoms with E-state index in [9.17, 15) is 17.6 Å². The molecule has 0 saturated carbocycles. The van der Waals surface area contributed by atoms with Crippen molar-refractivity contribution in [3.63, 3.8) is 0 Å². The number of nitrogens with one attached hydrogen (secondary N) is 1. The van der Waals surface area contributed by atoms with E-state index in [2.05, 4.69) is 10.1 Å². The molecule has 18 heavy (non-hydrogen) atoms. The first-order valence-electron chi connectivity index (χ1n) is 5.21. The normalized spacial score (nSPS) is 13.4. The number of benzene rings is 1. The Morgan fingerprint density at radius 1 is 1.39 bits per heavy atom. The van der Waals surface area contributed by atoms with Gasteiger partial charge in [-0.15, -0.1) is 13.2 Å². The molecule has 0 spiro atoms. The van der Waals surface area contributed by atoms with Crippen molar-refractivity contribution in [1.29, 1.82) is 0 Å². The van der Waals surface area contributed by atoms with E-state index in [1.165, 1.54) is 0 Å². The number of halogens is 4. The second kappa shape index (κ2) is 6.01. The molecule has 1 rings (SSSR count). The molecule has 102 valence electrons. The van der Waals surface area contributed by atoms with Gasteiger partial charge in [0.2, 0.25) is 0 Å². The third-order valence-electron chi connectivity index (χ3n) is 2.20. The Kier molecular flexibility index (Phi) is 4.92. The van der Waals surface area contributed by atoms with Crippen LogP contribution in [-0.4, -0.2) is 24.1 Å². The number of hydrogen-bond acceptors (Lipinski definition) is 3. The van der Waals surface area contributed by atoms with E-state index in [0.717, 1.165) is 18.2 Å². The minimum absolute atomic E-state index is 0.167. The van der Waals surface area contributed by atoms with Crippen LogP contribution >= 0.6 is 0 Å². The van der Waals surface area contributed by atoms with Gasteiger partial charge in [0.15, 0.2) is 0 Å². The van der Waals surface area contributed by atoms with Gasteiger partial charge in [0.1, 0.15) is 11.6 Å². The summed E-state index contributed by atoms with van der Waals surface area (Å²) in [5, 5.41) is 11.4. The Morgan fingerprint density at radius 3 is 2.61 bits per heavy atom. The average molecular weight is 267 g/mol. The largest absolute Gasteiger partial charge is 0.573 e. The van der Waals surface area contributed by atoms with Crippen LogP contribution in [0, 0.1) is 5.82 Å². The third kappa shape index (κ3) is 4.50. The van der Waals surface area contributed by atoms with E-state index in [-0.39, 0.29) is 24.8 Å². The molecule has 0 aliphatic carbocycles. The van der Waals surface area contributed by atoms with Gasteiger partial charge in [0, 0.05) is 18.2 Å². The van der Waals surface area contributed by atoms with Crippen LogP contribution in [-0.2, 0) is 6.54 Å². The monoisotopic (exact) mass is 267 g/mol. The minimum Gasteiger partial charge on any atom is -0.405 e. The van der Waals surface area contributed by atoms with Crippen LogP contribution in [0.25, 0.3) is 0 Å². The first-order chi connectivity index (χ1) is 8.33. The Hall–Kier alpha value is -1.34. The first-order valence-corrected chi connectivity index (χ1v) is 5.21. The Balaban J connectivity index is 2.87. The first kappa shape index (κ1) is 14.7. The lowest BCUT2D eigenvalue weighted by Crippen LogP contribution is -2.29. The lowest BCUT2D eigenvalue weighted by molar-refractivity contribution is -0.275. The van der Waals surface area contributed by atoms with Crippen LogP contribution in [0.1, 0.15) is 12.5 Å². The number of aliphatic hydroxyl groups excluding tert-OH is 1. The van der Waals surface area contributed by atoms with Crippen molar-refractivity contribution < 1.29 is 27.4 Å². The van der Waals surface area contributed by atoms with Crippen LogP contribution in [0.2, 0.25) is 0 Å². The van der Waals surface area contributed by atoms with Gasteiger partial charge in [0.25, 0.3) is 0 Å².